The molecule has 0 bridgehead atoms. The summed E-state index contributed by atoms with van der Waals surface area (Å²) in [6.45, 7) is 0. The van der Waals surface area contributed by atoms with Gasteiger partial charge in [-0.15, -0.1) is 17.2 Å². The van der Waals surface area contributed by atoms with E-state index >= 15 is 0 Å². The molecular weight excluding hydrogens is 560 g/mol. The van der Waals surface area contributed by atoms with Crippen LogP contribution in [0.15, 0.2) is 103 Å². The average Bonchev–Trinajstić information content (AvgIpc) is 3.43. The van der Waals surface area contributed by atoms with Gasteiger partial charge in [0.2, 0.25) is 0 Å². The van der Waals surface area contributed by atoms with E-state index in [1.807, 2.05) is 97.1 Å². The summed E-state index contributed by atoms with van der Waals surface area (Å²) in [6, 6.07) is 33.0. The number of hydrogen-bond donors (Lipinski definition) is 0. The Morgan fingerprint density at radius 1 is 0.759 bits per heavy atom. The maximum Gasteiger partial charge on any atom is 2.00 e. The number of hydrogen-bond acceptors (Lipinski definition) is 2. The van der Waals surface area contributed by atoms with E-state index in [1.165, 1.54) is 0 Å². The Morgan fingerprint density at radius 2 is 1.24 bits per heavy atom. The van der Waals surface area contributed by atoms with Crippen molar-refractivity contribution in [2.24, 2.45) is 0 Å². The van der Waals surface area contributed by atoms with Gasteiger partial charge in [0, 0.05) is 0 Å². The Bertz CT molecular complexity index is 977. The van der Waals surface area contributed by atoms with Crippen molar-refractivity contribution in [1.29, 1.82) is 0 Å². The van der Waals surface area contributed by atoms with Gasteiger partial charge in [-0.1, -0.05) is 71.8 Å². The topological polar surface area (TPSA) is 34.1 Å². The average molecular weight is 578 g/mol. The van der Waals surface area contributed by atoms with Crippen molar-refractivity contribution >= 4 is 32.0 Å². The summed E-state index contributed by atoms with van der Waals surface area (Å²) in [5.74, 6) is 0. The molecule has 0 amide bonds. The van der Waals surface area contributed by atoms with Gasteiger partial charge >= 0.3 is 59.7 Å². The third kappa shape index (κ3) is 8.21. The third-order valence-electron chi connectivity index (χ3n) is 3.83. The van der Waals surface area contributed by atoms with Crippen LogP contribution in [0.3, 0.4) is 0 Å². The number of benzene rings is 2. The summed E-state index contributed by atoms with van der Waals surface area (Å²) < 4.78 is 23.0. The van der Waals surface area contributed by atoms with Gasteiger partial charge in [-0.05, 0) is 5.30 Å². The first-order valence-electron chi connectivity index (χ1n) is 8.23. The molecule has 0 N–H and O–H groups in total. The van der Waals surface area contributed by atoms with E-state index in [4.69, 9.17) is 19.1 Å². The Labute approximate surface area is 198 Å². The van der Waals surface area contributed by atoms with Gasteiger partial charge in [0.05, 0.1) is 0 Å². The second-order valence-corrected chi connectivity index (χ2v) is 8.86. The van der Waals surface area contributed by atoms with Gasteiger partial charge < -0.3 is 0 Å². The van der Waals surface area contributed by atoms with Crippen LogP contribution >= 0.6 is 26.7 Å². The second-order valence-electron chi connectivity index (χ2n) is 5.50. The first-order chi connectivity index (χ1) is 13.7. The summed E-state index contributed by atoms with van der Waals surface area (Å²) in [6.07, 6.45) is 0. The van der Waals surface area contributed by atoms with Crippen LogP contribution in [0.5, 0.6) is 0 Å². The molecule has 29 heavy (non-hydrogen) atoms. The molecule has 7 heteroatoms. The molecule has 0 atom stereocenters. The molecular formula is C22H17Cl2FeO2PPd. The number of rotatable bonds is 3. The van der Waals surface area contributed by atoms with E-state index in [9.17, 15) is 9.13 Å². The normalized spacial score (nSPS) is 9.31. The van der Waals surface area contributed by atoms with Crippen LogP contribution in [0.25, 0.3) is 22.3 Å². The zero-order valence-electron chi connectivity index (χ0n) is 15.0. The van der Waals surface area contributed by atoms with E-state index < -0.39 is 7.68 Å². The molecule has 4 rings (SSSR count). The van der Waals surface area contributed by atoms with Crippen molar-refractivity contribution in [3.05, 3.63) is 103 Å². The molecule has 4 aromatic carbocycles. The predicted octanol–water partition coefficient (Wildman–Crippen LogP) is 7.32. The SMILES string of the molecule is O=P(=O)[c-]1ccc(-c2ccccc2)c1-c1ccccc1.[Cl][Pd][Cl].[Fe+2].c1cc[cH-]c1. The Morgan fingerprint density at radius 3 is 1.66 bits per heavy atom. The van der Waals surface area contributed by atoms with Gasteiger partial charge in [-0.3, -0.25) is 0 Å². The molecule has 0 radical (unpaired) electrons. The van der Waals surface area contributed by atoms with Crippen LogP contribution in [0.4, 0.5) is 0 Å². The molecule has 0 heterocycles. The molecule has 0 aliphatic carbocycles. The van der Waals surface area contributed by atoms with Gasteiger partial charge in [0.1, 0.15) is 0 Å². The Balaban J connectivity index is 0.000000396. The van der Waals surface area contributed by atoms with Gasteiger partial charge in [-0.2, -0.15) is 24.3 Å². The van der Waals surface area contributed by atoms with Gasteiger partial charge in [-0.25, -0.2) is 21.3 Å². The molecule has 4 aromatic rings. The fraction of sp³-hybridized carbons (Fsp3) is 0. The standard InChI is InChI=1S/C17H12O2P.C5H5.2ClH.Fe.Pd/c18-20(19)16-12-11-15(13-7-3-1-4-8-13)17(16)14-9-5-2-6-10-14;1-2-4-5-3-1;;;;/h1-12H;1-5H;2*1H;;/q2*-1;;;2*+2/p-2. The van der Waals surface area contributed by atoms with E-state index in [0.29, 0.717) is 5.30 Å². The number of halogens is 2. The third-order valence-corrected chi connectivity index (χ3v) is 4.60. The van der Waals surface area contributed by atoms with Crippen molar-refractivity contribution in [3.8, 4) is 22.3 Å². The first kappa shape index (κ1) is 25.8. The van der Waals surface area contributed by atoms with Gasteiger partial charge in [0.15, 0.2) is 0 Å². The van der Waals surface area contributed by atoms with Gasteiger partial charge in [0.25, 0.3) is 0 Å². The molecule has 2 nitrogen and oxygen atoms in total. The summed E-state index contributed by atoms with van der Waals surface area (Å²) in [4.78, 5) is 0. The van der Waals surface area contributed by atoms with E-state index in [0.717, 1.165) is 22.3 Å². The molecule has 0 saturated carbocycles. The predicted molar refractivity (Wildman–Crippen MR) is 115 cm³/mol. The summed E-state index contributed by atoms with van der Waals surface area (Å²) in [5.41, 5.74) is 3.68. The second kappa shape index (κ2) is 14.7. The fourth-order valence-corrected chi connectivity index (χ4v) is 3.33. The molecule has 154 valence electrons. The zero-order valence-corrected chi connectivity index (χ0v) is 20.1. The van der Waals surface area contributed by atoms with Crippen LogP contribution in [0.2, 0.25) is 0 Å². The molecule has 0 saturated heterocycles. The van der Waals surface area contributed by atoms with Crippen LogP contribution < -0.4 is 5.30 Å². The van der Waals surface area contributed by atoms with Crippen molar-refractivity contribution in [2.75, 3.05) is 0 Å². The van der Waals surface area contributed by atoms with Crippen molar-refractivity contribution in [2.45, 2.75) is 0 Å². The monoisotopic (exact) mass is 576 g/mol. The van der Waals surface area contributed by atoms with Crippen molar-refractivity contribution < 1.29 is 42.1 Å². The molecule has 0 fully saturated rings. The molecule has 0 aliphatic heterocycles. The molecule has 0 aromatic heterocycles. The summed E-state index contributed by atoms with van der Waals surface area (Å²) in [7, 11) is 7.02. The van der Waals surface area contributed by atoms with E-state index in [-0.39, 0.29) is 33.0 Å². The first-order valence-corrected chi connectivity index (χ1v) is 13.4. The minimum absolute atomic E-state index is 0. The quantitative estimate of drug-likeness (QED) is 0.145. The van der Waals surface area contributed by atoms with Crippen LogP contribution in [0.1, 0.15) is 0 Å². The summed E-state index contributed by atoms with van der Waals surface area (Å²) in [5, 5.41) is 0.380. The fourth-order valence-electron chi connectivity index (χ4n) is 2.71. The largest absolute Gasteiger partial charge is 2.00 e. The summed E-state index contributed by atoms with van der Waals surface area (Å²) >= 11 is -0.106. The van der Waals surface area contributed by atoms with Crippen LogP contribution in [0, 0.1) is 0 Å². The maximum absolute atomic E-state index is 11.5. The Kier molecular flexibility index (Phi) is 13.1. The molecule has 0 unspecified atom stereocenters. The molecule has 0 aliphatic rings. The van der Waals surface area contributed by atoms with E-state index in [2.05, 4.69) is 0 Å². The van der Waals surface area contributed by atoms with Crippen LogP contribution in [-0.2, 0) is 42.1 Å². The van der Waals surface area contributed by atoms with Crippen molar-refractivity contribution in [1.82, 2.24) is 0 Å². The molecule has 0 spiro atoms. The smallest absolute Gasteiger partial charge is 0.214 e. The van der Waals surface area contributed by atoms with E-state index in [1.54, 1.807) is 6.07 Å². The van der Waals surface area contributed by atoms with Crippen molar-refractivity contribution in [3.63, 3.8) is 0 Å². The van der Waals surface area contributed by atoms with Crippen LogP contribution in [-0.4, -0.2) is 0 Å². The minimum Gasteiger partial charge on any atom is -0.214 e. The minimum atomic E-state index is -2.61. The Hall–Kier alpha value is -1.20. The zero-order chi connectivity index (χ0) is 20.2. The maximum atomic E-state index is 11.5.